The summed E-state index contributed by atoms with van der Waals surface area (Å²) in [4.78, 5) is 0. The van der Waals surface area contributed by atoms with Gasteiger partial charge < -0.3 is 13.9 Å². The molecule has 0 fully saturated rings. The summed E-state index contributed by atoms with van der Waals surface area (Å²) < 4.78 is 16.7. The molecule has 0 aliphatic rings. The van der Waals surface area contributed by atoms with E-state index in [0.29, 0.717) is 18.4 Å². The molecule has 0 aliphatic carbocycles. The molecule has 5 nitrogen and oxygen atoms in total. The second kappa shape index (κ2) is 7.74. The summed E-state index contributed by atoms with van der Waals surface area (Å²) in [6.07, 6.45) is 0. The van der Waals surface area contributed by atoms with Crippen LogP contribution in [0.15, 0.2) is 83.3 Å². The average molecular weight is 358 g/mol. The lowest BCUT2D eigenvalue weighted by atomic mass is 10.1. The van der Waals surface area contributed by atoms with Crippen molar-refractivity contribution in [1.82, 2.24) is 10.2 Å². The number of hydrogen-bond donors (Lipinski definition) is 0. The maximum atomic E-state index is 5.79. The lowest BCUT2D eigenvalue weighted by Gasteiger charge is -2.07. The van der Waals surface area contributed by atoms with Crippen LogP contribution in [0.2, 0.25) is 0 Å². The highest BCUT2D eigenvalue weighted by atomic mass is 16.5. The number of benzene rings is 3. The van der Waals surface area contributed by atoms with Crippen molar-refractivity contribution in [3.63, 3.8) is 0 Å². The van der Waals surface area contributed by atoms with Crippen LogP contribution in [0.25, 0.3) is 22.9 Å². The van der Waals surface area contributed by atoms with Crippen molar-refractivity contribution in [2.24, 2.45) is 0 Å². The number of hydrogen-bond acceptors (Lipinski definition) is 5. The van der Waals surface area contributed by atoms with Gasteiger partial charge >= 0.3 is 0 Å². The zero-order chi connectivity index (χ0) is 18.5. The Morgan fingerprint density at radius 2 is 1.30 bits per heavy atom. The fraction of sp³-hybridized carbons (Fsp3) is 0.0909. The molecule has 0 amide bonds. The maximum absolute atomic E-state index is 5.79. The van der Waals surface area contributed by atoms with E-state index in [9.17, 15) is 0 Å². The Labute approximate surface area is 157 Å². The second-order valence-corrected chi connectivity index (χ2v) is 5.94. The van der Waals surface area contributed by atoms with E-state index < -0.39 is 0 Å². The molecule has 4 rings (SSSR count). The molecule has 27 heavy (non-hydrogen) atoms. The Balaban J connectivity index is 1.42. The summed E-state index contributed by atoms with van der Waals surface area (Å²) in [6.45, 7) is 0.478. The minimum absolute atomic E-state index is 0.478. The van der Waals surface area contributed by atoms with Crippen LogP contribution < -0.4 is 9.47 Å². The van der Waals surface area contributed by atoms with Crippen LogP contribution >= 0.6 is 0 Å². The molecule has 134 valence electrons. The summed E-state index contributed by atoms with van der Waals surface area (Å²) in [5, 5.41) is 8.27. The predicted molar refractivity (Wildman–Crippen MR) is 102 cm³/mol. The monoisotopic (exact) mass is 358 g/mol. The summed E-state index contributed by atoms with van der Waals surface area (Å²) in [7, 11) is 1.64. The Bertz CT molecular complexity index is 994. The van der Waals surface area contributed by atoms with Crippen LogP contribution in [0.3, 0.4) is 0 Å². The van der Waals surface area contributed by atoms with Crippen molar-refractivity contribution in [2.75, 3.05) is 7.11 Å². The van der Waals surface area contributed by atoms with Gasteiger partial charge in [0.2, 0.25) is 11.8 Å². The first-order valence-electron chi connectivity index (χ1n) is 8.57. The molecule has 0 bridgehead atoms. The molecule has 1 heterocycles. The summed E-state index contributed by atoms with van der Waals surface area (Å²) in [6, 6.07) is 25.1. The van der Waals surface area contributed by atoms with Crippen LogP contribution in [0, 0.1) is 0 Å². The number of ether oxygens (including phenoxy) is 2. The molecule has 0 saturated heterocycles. The number of rotatable bonds is 6. The van der Waals surface area contributed by atoms with Gasteiger partial charge in [-0.1, -0.05) is 30.3 Å². The Kier molecular flexibility index (Phi) is 4.83. The van der Waals surface area contributed by atoms with E-state index >= 15 is 0 Å². The largest absolute Gasteiger partial charge is 0.497 e. The SMILES string of the molecule is COc1ccc(OCc2ccc(-c3nnc(-c4ccccc4)o3)cc2)cc1. The van der Waals surface area contributed by atoms with E-state index in [0.717, 1.165) is 28.2 Å². The van der Waals surface area contributed by atoms with Gasteiger partial charge in [-0.05, 0) is 54.1 Å². The van der Waals surface area contributed by atoms with Crippen molar-refractivity contribution in [3.8, 4) is 34.4 Å². The van der Waals surface area contributed by atoms with Gasteiger partial charge in [0.1, 0.15) is 18.1 Å². The van der Waals surface area contributed by atoms with Gasteiger partial charge in [-0.15, -0.1) is 10.2 Å². The quantitative estimate of drug-likeness (QED) is 0.486. The first-order chi connectivity index (χ1) is 13.3. The summed E-state index contributed by atoms with van der Waals surface area (Å²) in [5.41, 5.74) is 2.83. The predicted octanol–water partition coefficient (Wildman–Crippen LogP) is 4.99. The third kappa shape index (κ3) is 3.98. The molecule has 0 spiro atoms. The molecule has 0 atom stereocenters. The number of nitrogens with zero attached hydrogens (tertiary/aromatic N) is 2. The van der Waals surface area contributed by atoms with E-state index in [1.165, 1.54) is 0 Å². The van der Waals surface area contributed by atoms with E-state index in [4.69, 9.17) is 13.9 Å². The molecule has 0 aliphatic heterocycles. The highest BCUT2D eigenvalue weighted by molar-refractivity contribution is 5.57. The van der Waals surface area contributed by atoms with Crippen molar-refractivity contribution >= 4 is 0 Å². The molecule has 0 N–H and O–H groups in total. The van der Waals surface area contributed by atoms with Gasteiger partial charge in [0.05, 0.1) is 7.11 Å². The van der Waals surface area contributed by atoms with E-state index in [-0.39, 0.29) is 0 Å². The first-order valence-corrected chi connectivity index (χ1v) is 8.57. The average Bonchev–Trinajstić information content (AvgIpc) is 3.24. The van der Waals surface area contributed by atoms with E-state index in [1.807, 2.05) is 78.9 Å². The third-order valence-electron chi connectivity index (χ3n) is 4.11. The normalized spacial score (nSPS) is 10.6. The third-order valence-corrected chi connectivity index (χ3v) is 4.11. The zero-order valence-corrected chi connectivity index (χ0v) is 14.8. The molecule has 0 saturated carbocycles. The Morgan fingerprint density at radius 1 is 0.704 bits per heavy atom. The lowest BCUT2D eigenvalue weighted by Crippen LogP contribution is -1.95. The molecule has 3 aromatic carbocycles. The van der Waals surface area contributed by atoms with Crippen molar-refractivity contribution in [3.05, 3.63) is 84.4 Å². The lowest BCUT2D eigenvalue weighted by molar-refractivity contribution is 0.305. The molecule has 1 aromatic heterocycles. The fourth-order valence-electron chi connectivity index (χ4n) is 2.62. The van der Waals surface area contributed by atoms with E-state index in [2.05, 4.69) is 10.2 Å². The van der Waals surface area contributed by atoms with Crippen LogP contribution in [-0.2, 0) is 6.61 Å². The standard InChI is InChI=1S/C22H18N2O3/c1-25-19-11-13-20(14-12-19)26-15-16-7-9-18(10-8-16)22-24-23-21(27-22)17-5-3-2-4-6-17/h2-14H,15H2,1H3. The number of aromatic nitrogens is 2. The molecular formula is C22H18N2O3. The van der Waals surface area contributed by atoms with E-state index in [1.54, 1.807) is 7.11 Å². The fourth-order valence-corrected chi connectivity index (χ4v) is 2.62. The molecule has 0 unspecified atom stereocenters. The van der Waals surface area contributed by atoms with Gasteiger partial charge in [0.25, 0.3) is 0 Å². The first kappa shape index (κ1) is 16.8. The van der Waals surface area contributed by atoms with Crippen LogP contribution in [0.1, 0.15) is 5.56 Å². The van der Waals surface area contributed by atoms with Crippen LogP contribution in [0.5, 0.6) is 11.5 Å². The van der Waals surface area contributed by atoms with Gasteiger partial charge in [0.15, 0.2) is 0 Å². The van der Waals surface area contributed by atoms with Crippen LogP contribution in [-0.4, -0.2) is 17.3 Å². The van der Waals surface area contributed by atoms with Crippen molar-refractivity contribution < 1.29 is 13.9 Å². The molecule has 4 aromatic rings. The smallest absolute Gasteiger partial charge is 0.248 e. The topological polar surface area (TPSA) is 57.4 Å². The minimum Gasteiger partial charge on any atom is -0.497 e. The van der Waals surface area contributed by atoms with Gasteiger partial charge in [-0.3, -0.25) is 0 Å². The summed E-state index contributed by atoms with van der Waals surface area (Å²) >= 11 is 0. The van der Waals surface area contributed by atoms with Crippen molar-refractivity contribution in [2.45, 2.75) is 6.61 Å². The summed E-state index contributed by atoms with van der Waals surface area (Å²) in [5.74, 6) is 2.61. The maximum Gasteiger partial charge on any atom is 0.248 e. The van der Waals surface area contributed by atoms with Gasteiger partial charge in [-0.25, -0.2) is 0 Å². The zero-order valence-electron chi connectivity index (χ0n) is 14.8. The minimum atomic E-state index is 0.478. The van der Waals surface area contributed by atoms with Gasteiger partial charge in [-0.2, -0.15) is 0 Å². The molecule has 0 radical (unpaired) electrons. The van der Waals surface area contributed by atoms with Crippen LogP contribution in [0.4, 0.5) is 0 Å². The second-order valence-electron chi connectivity index (χ2n) is 5.94. The molecular weight excluding hydrogens is 340 g/mol. The molecule has 5 heteroatoms. The number of methoxy groups -OCH3 is 1. The highest BCUT2D eigenvalue weighted by Gasteiger charge is 2.10. The highest BCUT2D eigenvalue weighted by Crippen LogP contribution is 2.24. The Hall–Kier alpha value is -3.60. The van der Waals surface area contributed by atoms with Crippen molar-refractivity contribution in [1.29, 1.82) is 0 Å². The Morgan fingerprint density at radius 3 is 1.93 bits per heavy atom. The van der Waals surface area contributed by atoms with Gasteiger partial charge in [0, 0.05) is 11.1 Å².